The fourth-order valence-electron chi connectivity index (χ4n) is 2.46. The van der Waals surface area contributed by atoms with E-state index in [-0.39, 0.29) is 18.2 Å². The molecule has 0 aliphatic carbocycles. The third-order valence-corrected chi connectivity index (χ3v) is 4.46. The van der Waals surface area contributed by atoms with Gasteiger partial charge in [-0.2, -0.15) is 13.2 Å². The maximum atomic E-state index is 13.0. The number of alkyl halides is 3. The van der Waals surface area contributed by atoms with Gasteiger partial charge in [-0.1, -0.05) is 29.8 Å². The highest BCUT2D eigenvalue weighted by Gasteiger charge is 2.33. The van der Waals surface area contributed by atoms with Crippen LogP contribution < -0.4 is 16.0 Å². The Morgan fingerprint density at radius 1 is 1.15 bits per heavy atom. The first-order chi connectivity index (χ1) is 15.4. The summed E-state index contributed by atoms with van der Waals surface area (Å²) in [4.78, 5) is 27.4. The second-order valence-corrected chi connectivity index (χ2v) is 7.49. The average molecular weight is 487 g/mol. The summed E-state index contributed by atoms with van der Waals surface area (Å²) in [7, 11) is 1.09. The largest absolute Gasteiger partial charge is 0.467 e. The van der Waals surface area contributed by atoms with Gasteiger partial charge in [0.25, 0.3) is 0 Å². The maximum Gasteiger partial charge on any atom is 0.433 e. The number of halogens is 4. The molecule has 0 spiro atoms. The zero-order chi connectivity index (χ0) is 24.6. The smallest absolute Gasteiger partial charge is 0.433 e. The molecule has 1 aromatic heterocycles. The summed E-state index contributed by atoms with van der Waals surface area (Å²) in [6, 6.07) is 10.1. The molecular formula is C21H22ClF3N4O4. The normalized spacial score (nSPS) is 13.6. The first kappa shape index (κ1) is 25.9. The molecule has 1 atom stereocenters. The van der Waals surface area contributed by atoms with Crippen LogP contribution >= 0.6 is 11.6 Å². The van der Waals surface area contributed by atoms with Crippen molar-refractivity contribution in [3.8, 4) is 0 Å². The quantitative estimate of drug-likeness (QED) is 0.318. The number of methoxy groups -OCH3 is 1. The summed E-state index contributed by atoms with van der Waals surface area (Å²) in [6.07, 6.45) is -3.62. The molecule has 2 aromatic rings. The van der Waals surface area contributed by atoms with E-state index >= 15 is 0 Å². The van der Waals surface area contributed by atoms with Crippen molar-refractivity contribution in [3.05, 3.63) is 70.6 Å². The molecule has 1 heterocycles. The predicted octanol–water partition coefficient (Wildman–Crippen LogP) is 2.84. The first-order valence-corrected chi connectivity index (χ1v) is 9.88. The van der Waals surface area contributed by atoms with Crippen LogP contribution in [0.15, 0.2) is 54.4 Å². The number of esters is 1. The lowest BCUT2D eigenvalue weighted by Crippen LogP contribution is -2.47. The van der Waals surface area contributed by atoms with Crippen LogP contribution in [0.1, 0.15) is 18.2 Å². The number of anilines is 1. The fourth-order valence-corrected chi connectivity index (χ4v) is 2.59. The number of benzene rings is 1. The molecule has 1 aromatic carbocycles. The molecule has 0 saturated carbocycles. The van der Waals surface area contributed by atoms with Gasteiger partial charge in [0.2, 0.25) is 5.91 Å². The highest BCUT2D eigenvalue weighted by atomic mass is 35.5. The Morgan fingerprint density at radius 3 is 2.42 bits per heavy atom. The molecule has 2 rings (SSSR count). The van der Waals surface area contributed by atoms with E-state index in [1.165, 1.54) is 12.1 Å². The Bertz CT molecular complexity index is 1010. The van der Waals surface area contributed by atoms with Gasteiger partial charge in [0.1, 0.15) is 17.3 Å². The van der Waals surface area contributed by atoms with Crippen LogP contribution in [0.5, 0.6) is 0 Å². The Balaban J connectivity index is 2.19. The molecule has 0 bridgehead atoms. The molecule has 4 N–H and O–H groups in total. The third-order valence-electron chi connectivity index (χ3n) is 4.21. The lowest BCUT2D eigenvalue weighted by molar-refractivity contribution is -0.160. The number of rotatable bonds is 9. The maximum absolute atomic E-state index is 13.0. The number of nitrogens with one attached hydrogen (secondary N) is 3. The number of pyridine rings is 1. The van der Waals surface area contributed by atoms with Gasteiger partial charge in [0.15, 0.2) is 5.60 Å². The van der Waals surface area contributed by atoms with Crippen molar-refractivity contribution >= 4 is 29.3 Å². The Kier molecular flexibility index (Phi) is 8.66. The average Bonchev–Trinajstić information content (AvgIpc) is 2.76. The summed E-state index contributed by atoms with van der Waals surface area (Å²) in [5, 5.41) is 18.4. The zero-order valence-electron chi connectivity index (χ0n) is 17.7. The van der Waals surface area contributed by atoms with Crippen molar-refractivity contribution in [1.82, 2.24) is 15.6 Å². The van der Waals surface area contributed by atoms with Gasteiger partial charge < -0.3 is 25.8 Å². The summed E-state index contributed by atoms with van der Waals surface area (Å²) in [5.41, 5.74) is -2.30. The Labute approximate surface area is 192 Å². The van der Waals surface area contributed by atoms with E-state index in [2.05, 4.69) is 25.7 Å². The number of hydrogen-bond donors (Lipinski definition) is 4. The molecular weight excluding hydrogens is 465 g/mol. The SMILES string of the molecule is COC(=O)C(C)(O)CNC(=O)/C=C(\NCc1ccc(Cl)cc1)Nc1cccc(C(F)(F)F)n1. The van der Waals surface area contributed by atoms with Crippen LogP contribution in [0.4, 0.5) is 19.0 Å². The van der Waals surface area contributed by atoms with Crippen LogP contribution in [-0.4, -0.2) is 41.2 Å². The van der Waals surface area contributed by atoms with Gasteiger partial charge in [-0.3, -0.25) is 4.79 Å². The van der Waals surface area contributed by atoms with Gasteiger partial charge in [0, 0.05) is 17.6 Å². The van der Waals surface area contributed by atoms with Gasteiger partial charge in [0.05, 0.1) is 13.7 Å². The molecule has 0 aliphatic rings. The van der Waals surface area contributed by atoms with Gasteiger partial charge in [-0.05, 0) is 36.8 Å². The standard InChI is InChI=1S/C21H22ClF3N4O4/c1-20(32,19(31)33-2)12-27-18(30)10-17(26-11-13-6-8-14(22)9-7-13)29-16-5-3-4-15(28-16)21(23,24)25/h3-10,26,32H,11-12H2,1-2H3,(H,27,30)(H,28,29)/b17-10+. The van der Waals surface area contributed by atoms with Crippen LogP contribution in [0, 0.1) is 0 Å². The van der Waals surface area contributed by atoms with Crippen molar-refractivity contribution in [2.45, 2.75) is 25.2 Å². The topological polar surface area (TPSA) is 113 Å². The van der Waals surface area contributed by atoms with Crippen LogP contribution in [0.25, 0.3) is 0 Å². The molecule has 178 valence electrons. The number of ether oxygens (including phenoxy) is 1. The lowest BCUT2D eigenvalue weighted by Gasteiger charge is -2.20. The van der Waals surface area contributed by atoms with E-state index in [9.17, 15) is 27.9 Å². The van der Waals surface area contributed by atoms with E-state index in [0.29, 0.717) is 5.02 Å². The van der Waals surface area contributed by atoms with Crippen LogP contribution in [-0.2, 0) is 27.0 Å². The number of nitrogens with zero attached hydrogens (tertiary/aromatic N) is 1. The number of aromatic nitrogens is 1. The lowest BCUT2D eigenvalue weighted by atomic mass is 10.1. The van der Waals surface area contributed by atoms with E-state index in [0.717, 1.165) is 31.7 Å². The highest BCUT2D eigenvalue weighted by molar-refractivity contribution is 6.30. The minimum Gasteiger partial charge on any atom is -0.467 e. The number of carbonyl (C=O) groups is 2. The summed E-state index contributed by atoms with van der Waals surface area (Å²) >= 11 is 5.86. The van der Waals surface area contributed by atoms with Crippen molar-refractivity contribution in [1.29, 1.82) is 0 Å². The van der Waals surface area contributed by atoms with Gasteiger partial charge >= 0.3 is 12.1 Å². The zero-order valence-corrected chi connectivity index (χ0v) is 18.4. The molecule has 8 nitrogen and oxygen atoms in total. The molecule has 0 fully saturated rings. The highest BCUT2D eigenvalue weighted by Crippen LogP contribution is 2.28. The summed E-state index contributed by atoms with van der Waals surface area (Å²) in [6.45, 7) is 0.900. The number of aliphatic hydroxyl groups is 1. The molecule has 12 heteroatoms. The second-order valence-electron chi connectivity index (χ2n) is 7.05. The molecule has 0 aliphatic heterocycles. The minimum absolute atomic E-state index is 0.0204. The monoisotopic (exact) mass is 486 g/mol. The number of hydrogen-bond acceptors (Lipinski definition) is 7. The van der Waals surface area contributed by atoms with Crippen molar-refractivity contribution in [2.75, 3.05) is 19.0 Å². The fraction of sp³-hybridized carbons (Fsp3) is 0.286. The molecule has 1 unspecified atom stereocenters. The number of amides is 1. The van der Waals surface area contributed by atoms with Crippen molar-refractivity contribution < 1.29 is 32.6 Å². The Hall–Kier alpha value is -3.31. The second kappa shape index (κ2) is 11.0. The predicted molar refractivity (Wildman–Crippen MR) is 115 cm³/mol. The molecule has 33 heavy (non-hydrogen) atoms. The Morgan fingerprint density at radius 2 is 1.82 bits per heavy atom. The van der Waals surface area contributed by atoms with Crippen molar-refractivity contribution in [3.63, 3.8) is 0 Å². The number of carbonyl (C=O) groups excluding carboxylic acids is 2. The minimum atomic E-state index is -4.64. The van der Waals surface area contributed by atoms with E-state index < -0.39 is 35.9 Å². The van der Waals surface area contributed by atoms with Crippen LogP contribution in [0.2, 0.25) is 5.02 Å². The van der Waals surface area contributed by atoms with Gasteiger partial charge in [-0.15, -0.1) is 0 Å². The van der Waals surface area contributed by atoms with E-state index in [1.54, 1.807) is 24.3 Å². The summed E-state index contributed by atoms with van der Waals surface area (Å²) in [5.74, 6) is -1.82. The summed E-state index contributed by atoms with van der Waals surface area (Å²) < 4.78 is 43.4. The van der Waals surface area contributed by atoms with E-state index in [1.807, 2.05) is 0 Å². The van der Waals surface area contributed by atoms with Gasteiger partial charge in [-0.25, -0.2) is 9.78 Å². The first-order valence-electron chi connectivity index (χ1n) is 9.50. The molecule has 0 saturated heterocycles. The third kappa shape index (κ3) is 8.28. The van der Waals surface area contributed by atoms with Crippen LogP contribution in [0.3, 0.4) is 0 Å². The molecule has 1 amide bonds. The molecule has 0 radical (unpaired) electrons. The van der Waals surface area contributed by atoms with Crippen molar-refractivity contribution in [2.24, 2.45) is 0 Å². The van der Waals surface area contributed by atoms with E-state index in [4.69, 9.17) is 11.6 Å².